The zero-order chi connectivity index (χ0) is 19.6. The van der Waals surface area contributed by atoms with Crippen molar-refractivity contribution in [1.29, 1.82) is 0 Å². The number of carbonyl (C=O) groups excluding carboxylic acids is 2. The Kier molecular flexibility index (Phi) is 6.00. The van der Waals surface area contributed by atoms with E-state index in [2.05, 4.69) is 51.2 Å². The van der Waals surface area contributed by atoms with Crippen molar-refractivity contribution in [3.05, 3.63) is 51.7 Å². The number of hydrogen-bond acceptors (Lipinski definition) is 3. The standard InChI is InChI=1S/C22H28N2O2S/c1-14(2)16-8-5-9-17(15(3)4)20(16)23-21(25)18-10-6-12-24(18)22(26)19-11-7-13-27-19/h5,7-9,11,13-15,18H,6,10,12H2,1-4H3,(H,23,25)/t18-/m0/s1. The van der Waals surface area contributed by atoms with Crippen LogP contribution in [0.5, 0.6) is 0 Å². The lowest BCUT2D eigenvalue weighted by atomic mass is 9.92. The minimum atomic E-state index is -0.403. The summed E-state index contributed by atoms with van der Waals surface area (Å²) in [5.41, 5.74) is 3.20. The summed E-state index contributed by atoms with van der Waals surface area (Å²) in [6.45, 7) is 9.18. The van der Waals surface area contributed by atoms with E-state index in [1.54, 1.807) is 4.90 Å². The Morgan fingerprint density at radius 3 is 2.30 bits per heavy atom. The van der Waals surface area contributed by atoms with E-state index in [9.17, 15) is 9.59 Å². The molecule has 1 aromatic carbocycles. The second-order valence-electron chi connectivity index (χ2n) is 7.74. The summed E-state index contributed by atoms with van der Waals surface area (Å²) in [5.74, 6) is 0.508. The predicted molar refractivity (Wildman–Crippen MR) is 112 cm³/mol. The van der Waals surface area contributed by atoms with Crippen LogP contribution in [0.25, 0.3) is 0 Å². The van der Waals surface area contributed by atoms with Gasteiger partial charge in [-0.1, -0.05) is 52.0 Å². The molecule has 1 N–H and O–H groups in total. The second-order valence-corrected chi connectivity index (χ2v) is 8.69. The van der Waals surface area contributed by atoms with Crippen molar-refractivity contribution < 1.29 is 9.59 Å². The molecule has 1 aliphatic rings. The highest BCUT2D eigenvalue weighted by molar-refractivity contribution is 7.12. The quantitative estimate of drug-likeness (QED) is 0.766. The summed E-state index contributed by atoms with van der Waals surface area (Å²) in [6, 6.07) is 9.51. The van der Waals surface area contributed by atoms with E-state index in [0.717, 1.165) is 23.2 Å². The van der Waals surface area contributed by atoms with Gasteiger partial charge in [0.25, 0.3) is 5.91 Å². The molecule has 27 heavy (non-hydrogen) atoms. The largest absolute Gasteiger partial charge is 0.326 e. The summed E-state index contributed by atoms with van der Waals surface area (Å²) in [6.07, 6.45) is 1.57. The fraction of sp³-hybridized carbons (Fsp3) is 0.455. The smallest absolute Gasteiger partial charge is 0.264 e. The fourth-order valence-electron chi connectivity index (χ4n) is 3.73. The predicted octanol–water partition coefficient (Wildman–Crippen LogP) is 5.24. The Hall–Kier alpha value is -2.14. The highest BCUT2D eigenvalue weighted by Gasteiger charge is 2.35. The molecule has 1 fully saturated rings. The van der Waals surface area contributed by atoms with Crippen LogP contribution in [0.4, 0.5) is 5.69 Å². The first-order valence-corrected chi connectivity index (χ1v) is 10.6. The van der Waals surface area contributed by atoms with Crippen molar-refractivity contribution in [3.63, 3.8) is 0 Å². The minimum absolute atomic E-state index is 0.0381. The maximum absolute atomic E-state index is 13.1. The van der Waals surface area contributed by atoms with Crippen molar-refractivity contribution >= 4 is 28.8 Å². The van der Waals surface area contributed by atoms with E-state index < -0.39 is 6.04 Å². The van der Waals surface area contributed by atoms with Crippen LogP contribution in [0.2, 0.25) is 0 Å². The zero-order valence-electron chi connectivity index (χ0n) is 16.5. The Morgan fingerprint density at radius 2 is 1.74 bits per heavy atom. The Balaban J connectivity index is 1.86. The number of thiophene rings is 1. The van der Waals surface area contributed by atoms with Gasteiger partial charge in [0.05, 0.1) is 4.88 Å². The number of hydrogen-bond donors (Lipinski definition) is 1. The molecule has 0 aliphatic carbocycles. The number of anilines is 1. The van der Waals surface area contributed by atoms with Gasteiger partial charge in [-0.05, 0) is 47.3 Å². The van der Waals surface area contributed by atoms with Crippen LogP contribution in [-0.2, 0) is 4.79 Å². The van der Waals surface area contributed by atoms with Crippen molar-refractivity contribution in [3.8, 4) is 0 Å². The number of para-hydroxylation sites is 1. The molecule has 2 amide bonds. The van der Waals surface area contributed by atoms with Gasteiger partial charge >= 0.3 is 0 Å². The summed E-state index contributed by atoms with van der Waals surface area (Å²) in [5, 5.41) is 5.08. The first kappa shape index (κ1) is 19.6. The summed E-state index contributed by atoms with van der Waals surface area (Å²) in [4.78, 5) is 28.4. The van der Waals surface area contributed by atoms with Gasteiger partial charge in [0, 0.05) is 12.2 Å². The molecule has 1 atom stereocenters. The molecule has 0 saturated carbocycles. The van der Waals surface area contributed by atoms with Crippen molar-refractivity contribution in [1.82, 2.24) is 4.90 Å². The Bertz CT molecular complexity index is 785. The third-order valence-electron chi connectivity index (χ3n) is 5.17. The van der Waals surface area contributed by atoms with Crippen molar-refractivity contribution in [2.75, 3.05) is 11.9 Å². The third kappa shape index (κ3) is 4.08. The highest BCUT2D eigenvalue weighted by Crippen LogP contribution is 2.33. The molecule has 1 aliphatic heterocycles. The molecule has 2 aromatic rings. The fourth-order valence-corrected chi connectivity index (χ4v) is 4.40. The first-order chi connectivity index (χ1) is 12.9. The van der Waals surface area contributed by atoms with Crippen LogP contribution in [0, 0.1) is 0 Å². The first-order valence-electron chi connectivity index (χ1n) is 9.68. The van der Waals surface area contributed by atoms with Gasteiger partial charge in [-0.2, -0.15) is 0 Å². The van der Waals surface area contributed by atoms with Gasteiger partial charge in [-0.25, -0.2) is 0 Å². The van der Waals surface area contributed by atoms with Crippen molar-refractivity contribution in [2.45, 2.75) is 58.4 Å². The lowest BCUT2D eigenvalue weighted by molar-refractivity contribution is -0.119. The number of amides is 2. The molecule has 5 heteroatoms. The summed E-state index contributed by atoms with van der Waals surface area (Å²) >= 11 is 1.43. The molecular weight excluding hydrogens is 356 g/mol. The van der Waals surface area contributed by atoms with E-state index in [4.69, 9.17) is 0 Å². The van der Waals surface area contributed by atoms with Gasteiger partial charge in [0.1, 0.15) is 6.04 Å². The minimum Gasteiger partial charge on any atom is -0.326 e. The molecule has 1 saturated heterocycles. The van der Waals surface area contributed by atoms with Gasteiger partial charge in [0.2, 0.25) is 5.91 Å². The number of carbonyl (C=O) groups is 2. The lowest BCUT2D eigenvalue weighted by Gasteiger charge is -2.26. The average molecular weight is 385 g/mol. The van der Waals surface area contributed by atoms with E-state index in [1.807, 2.05) is 17.5 Å². The summed E-state index contributed by atoms with van der Waals surface area (Å²) < 4.78 is 0. The zero-order valence-corrected chi connectivity index (χ0v) is 17.3. The molecule has 0 unspecified atom stereocenters. The summed E-state index contributed by atoms with van der Waals surface area (Å²) in [7, 11) is 0. The van der Waals surface area contributed by atoms with Gasteiger partial charge in [0.15, 0.2) is 0 Å². The van der Waals surface area contributed by atoms with Crippen LogP contribution < -0.4 is 5.32 Å². The Labute approximate surface area is 165 Å². The van der Waals surface area contributed by atoms with Crippen LogP contribution in [0.1, 0.15) is 73.2 Å². The number of likely N-dealkylation sites (tertiary alicyclic amines) is 1. The molecule has 0 radical (unpaired) electrons. The van der Waals surface area contributed by atoms with Crippen LogP contribution in [0.15, 0.2) is 35.7 Å². The van der Waals surface area contributed by atoms with Crippen molar-refractivity contribution in [2.24, 2.45) is 0 Å². The number of nitrogens with zero attached hydrogens (tertiary/aromatic N) is 1. The molecule has 0 spiro atoms. The molecule has 1 aromatic heterocycles. The SMILES string of the molecule is CC(C)c1cccc(C(C)C)c1NC(=O)[C@@H]1CCCN1C(=O)c1cccs1. The molecule has 0 bridgehead atoms. The molecule has 144 valence electrons. The topological polar surface area (TPSA) is 49.4 Å². The van der Waals surface area contributed by atoms with E-state index in [-0.39, 0.29) is 11.8 Å². The van der Waals surface area contributed by atoms with E-state index in [0.29, 0.717) is 29.7 Å². The lowest BCUT2D eigenvalue weighted by Crippen LogP contribution is -2.43. The van der Waals surface area contributed by atoms with Gasteiger partial charge in [-0.3, -0.25) is 9.59 Å². The van der Waals surface area contributed by atoms with E-state index >= 15 is 0 Å². The van der Waals surface area contributed by atoms with Crippen LogP contribution in [-0.4, -0.2) is 29.3 Å². The average Bonchev–Trinajstić information content (AvgIpc) is 3.32. The maximum atomic E-state index is 13.1. The van der Waals surface area contributed by atoms with E-state index in [1.165, 1.54) is 11.3 Å². The number of benzene rings is 1. The van der Waals surface area contributed by atoms with Crippen LogP contribution >= 0.6 is 11.3 Å². The maximum Gasteiger partial charge on any atom is 0.264 e. The number of rotatable bonds is 5. The van der Waals surface area contributed by atoms with Gasteiger partial charge in [-0.15, -0.1) is 11.3 Å². The third-order valence-corrected chi connectivity index (χ3v) is 6.03. The highest BCUT2D eigenvalue weighted by atomic mass is 32.1. The molecule has 3 rings (SSSR count). The molecule has 2 heterocycles. The van der Waals surface area contributed by atoms with Crippen LogP contribution in [0.3, 0.4) is 0 Å². The molecule has 4 nitrogen and oxygen atoms in total. The second kappa shape index (κ2) is 8.26. The van der Waals surface area contributed by atoms with Gasteiger partial charge < -0.3 is 10.2 Å². The molecular formula is C22H28N2O2S. The normalized spacial score (nSPS) is 17.0. The monoisotopic (exact) mass is 384 g/mol. The number of nitrogens with one attached hydrogen (secondary N) is 1. The Morgan fingerprint density at radius 1 is 1.07 bits per heavy atom.